The van der Waals surface area contributed by atoms with E-state index >= 15 is 0 Å². The summed E-state index contributed by atoms with van der Waals surface area (Å²) in [6.45, 7) is 2.43. The minimum absolute atomic E-state index is 0.184. The van der Waals surface area contributed by atoms with E-state index in [0.717, 1.165) is 11.1 Å². The van der Waals surface area contributed by atoms with Crippen LogP contribution in [0, 0.1) is 0 Å². The second kappa shape index (κ2) is 8.02. The number of carbonyl (C=O) groups is 1. The van der Waals surface area contributed by atoms with E-state index in [0.29, 0.717) is 6.54 Å². The van der Waals surface area contributed by atoms with Gasteiger partial charge in [-0.3, -0.25) is 19.1 Å². The van der Waals surface area contributed by atoms with Crippen LogP contribution in [0.1, 0.15) is 28.4 Å². The number of H-pyrrole nitrogens is 1. The molecule has 1 amide bonds. The summed E-state index contributed by atoms with van der Waals surface area (Å²) in [6.07, 6.45) is 1.37. The second-order valence-corrected chi connectivity index (χ2v) is 7.66. The lowest BCUT2D eigenvalue weighted by Gasteiger charge is -2.31. The highest BCUT2D eigenvalue weighted by Crippen LogP contribution is 2.31. The lowest BCUT2D eigenvalue weighted by atomic mass is 9.76. The third-order valence-electron chi connectivity index (χ3n) is 5.64. The average molecular weight is 414 g/mol. The first-order chi connectivity index (χ1) is 14.9. The number of amides is 1. The van der Waals surface area contributed by atoms with Gasteiger partial charge in [0.15, 0.2) is 0 Å². The van der Waals surface area contributed by atoms with Crippen molar-refractivity contribution < 1.29 is 4.79 Å². The van der Waals surface area contributed by atoms with Gasteiger partial charge in [-0.05, 0) is 24.1 Å². The monoisotopic (exact) mass is 414 g/mol. The Morgan fingerprint density at radius 2 is 1.61 bits per heavy atom. The molecule has 2 aromatic carbocycles. The third kappa shape index (κ3) is 3.77. The number of carbonyl (C=O) groups excluding carboxylic acids is 1. The maximum Gasteiger partial charge on any atom is 0.329 e. The van der Waals surface area contributed by atoms with Gasteiger partial charge >= 0.3 is 5.69 Å². The van der Waals surface area contributed by atoms with Gasteiger partial charge in [0.05, 0.1) is 10.9 Å². The van der Waals surface area contributed by atoms with E-state index in [1.807, 2.05) is 60.7 Å². The van der Waals surface area contributed by atoms with Crippen molar-refractivity contribution in [3.05, 3.63) is 110 Å². The molecular weight excluding hydrogens is 392 g/mol. The number of aromatic amines is 1. The fourth-order valence-electron chi connectivity index (χ4n) is 3.70. The Balaban J connectivity index is 1.66. The second-order valence-electron chi connectivity index (χ2n) is 7.66. The Morgan fingerprint density at radius 3 is 2.19 bits per heavy atom. The van der Waals surface area contributed by atoms with Gasteiger partial charge in [-0.15, -0.1) is 0 Å². The predicted molar refractivity (Wildman–Crippen MR) is 119 cm³/mol. The van der Waals surface area contributed by atoms with Crippen LogP contribution in [0.4, 0.5) is 0 Å². The number of rotatable bonds is 5. The molecular formula is C24H22N4O3. The van der Waals surface area contributed by atoms with Crippen LogP contribution in [0.3, 0.4) is 0 Å². The van der Waals surface area contributed by atoms with E-state index in [9.17, 15) is 14.4 Å². The van der Waals surface area contributed by atoms with Gasteiger partial charge in [-0.25, -0.2) is 9.78 Å². The highest BCUT2D eigenvalue weighted by Gasteiger charge is 2.29. The van der Waals surface area contributed by atoms with Gasteiger partial charge in [0.2, 0.25) is 0 Å². The van der Waals surface area contributed by atoms with Crippen molar-refractivity contribution in [1.82, 2.24) is 19.9 Å². The first-order valence-electron chi connectivity index (χ1n) is 9.88. The summed E-state index contributed by atoms with van der Waals surface area (Å²) in [6, 6.07) is 21.4. The number of pyridine rings is 1. The van der Waals surface area contributed by atoms with Crippen LogP contribution in [0.5, 0.6) is 0 Å². The maximum absolute atomic E-state index is 12.9. The number of benzene rings is 2. The summed E-state index contributed by atoms with van der Waals surface area (Å²) in [5, 5.41) is 3.17. The van der Waals surface area contributed by atoms with E-state index in [2.05, 4.69) is 22.2 Å². The molecule has 7 heteroatoms. The van der Waals surface area contributed by atoms with Gasteiger partial charge in [0.1, 0.15) is 5.65 Å². The van der Waals surface area contributed by atoms with Gasteiger partial charge in [0, 0.05) is 25.2 Å². The fourth-order valence-corrected chi connectivity index (χ4v) is 3.70. The van der Waals surface area contributed by atoms with Crippen LogP contribution in [-0.4, -0.2) is 27.0 Å². The zero-order valence-electron chi connectivity index (χ0n) is 17.3. The summed E-state index contributed by atoms with van der Waals surface area (Å²) < 4.78 is 1.24. The van der Waals surface area contributed by atoms with Crippen molar-refractivity contribution >= 4 is 16.9 Å². The van der Waals surface area contributed by atoms with Crippen molar-refractivity contribution in [3.8, 4) is 0 Å². The molecule has 0 saturated carbocycles. The molecule has 2 aromatic heterocycles. The first kappa shape index (κ1) is 20.3. The number of hydrogen-bond donors (Lipinski definition) is 2. The molecule has 4 rings (SSSR count). The minimum atomic E-state index is -0.571. The first-order valence-corrected chi connectivity index (χ1v) is 9.88. The number of aryl methyl sites for hydroxylation is 1. The maximum atomic E-state index is 12.9. The Hall–Kier alpha value is -4.00. The normalized spacial score (nSPS) is 11.4. The van der Waals surface area contributed by atoms with Gasteiger partial charge < -0.3 is 5.32 Å². The number of aromatic nitrogens is 3. The average Bonchev–Trinajstić information content (AvgIpc) is 2.81. The Labute approximate surface area is 178 Å². The summed E-state index contributed by atoms with van der Waals surface area (Å²) in [5.74, 6) is -0.347. The zero-order chi connectivity index (χ0) is 22.0. The van der Waals surface area contributed by atoms with Crippen molar-refractivity contribution in [1.29, 1.82) is 0 Å². The van der Waals surface area contributed by atoms with Crippen molar-refractivity contribution in [2.45, 2.75) is 12.3 Å². The molecule has 0 aliphatic heterocycles. The fraction of sp³-hybridized carbons (Fsp3) is 0.167. The predicted octanol–water partition coefficient (Wildman–Crippen LogP) is 2.36. The van der Waals surface area contributed by atoms with Crippen molar-refractivity contribution in [2.24, 2.45) is 7.05 Å². The van der Waals surface area contributed by atoms with E-state index in [1.165, 1.54) is 23.9 Å². The SMILES string of the molecule is Cn1c(=O)[nH]c(=O)c2cc(C(=O)NCC(C)(c3ccccc3)c3ccccc3)cnc21. The van der Waals surface area contributed by atoms with E-state index in [1.54, 1.807) is 0 Å². The molecule has 2 N–H and O–H groups in total. The molecule has 156 valence electrons. The third-order valence-corrected chi connectivity index (χ3v) is 5.64. The molecule has 31 heavy (non-hydrogen) atoms. The van der Waals surface area contributed by atoms with E-state index < -0.39 is 16.7 Å². The van der Waals surface area contributed by atoms with Gasteiger partial charge in [-0.1, -0.05) is 60.7 Å². The molecule has 0 spiro atoms. The molecule has 0 aliphatic rings. The minimum Gasteiger partial charge on any atom is -0.351 e. The Bertz CT molecular complexity index is 1320. The van der Waals surface area contributed by atoms with Crippen molar-refractivity contribution in [2.75, 3.05) is 6.54 Å². The molecule has 4 aromatic rings. The van der Waals surface area contributed by atoms with E-state index in [4.69, 9.17) is 0 Å². The van der Waals surface area contributed by atoms with Crippen LogP contribution >= 0.6 is 0 Å². The van der Waals surface area contributed by atoms with Crippen LogP contribution in [0.25, 0.3) is 11.0 Å². The molecule has 0 aliphatic carbocycles. The molecule has 7 nitrogen and oxygen atoms in total. The Morgan fingerprint density at radius 1 is 1.03 bits per heavy atom. The molecule has 0 radical (unpaired) electrons. The van der Waals surface area contributed by atoms with Gasteiger partial charge in [-0.2, -0.15) is 0 Å². The quantitative estimate of drug-likeness (QED) is 0.524. The highest BCUT2D eigenvalue weighted by atomic mass is 16.2. The summed E-state index contributed by atoms with van der Waals surface area (Å²) in [5.41, 5.74) is 1.05. The number of fused-ring (bicyclic) bond motifs is 1. The standard InChI is InChI=1S/C24H22N4O3/c1-24(17-9-5-3-6-10-17,18-11-7-4-8-12-18)15-26-21(29)16-13-19-20(25-14-16)28(2)23(31)27-22(19)30/h3-14H,15H2,1-2H3,(H,26,29)(H,27,30,31). The smallest absolute Gasteiger partial charge is 0.329 e. The summed E-state index contributed by atoms with van der Waals surface area (Å²) >= 11 is 0. The lowest BCUT2D eigenvalue weighted by Crippen LogP contribution is -2.39. The molecule has 2 heterocycles. The van der Waals surface area contributed by atoms with Crippen LogP contribution < -0.4 is 16.6 Å². The number of hydrogen-bond acceptors (Lipinski definition) is 4. The highest BCUT2D eigenvalue weighted by molar-refractivity contribution is 5.96. The summed E-state index contributed by atoms with van der Waals surface area (Å²) in [7, 11) is 1.51. The van der Waals surface area contributed by atoms with Crippen LogP contribution in [0.2, 0.25) is 0 Å². The lowest BCUT2D eigenvalue weighted by molar-refractivity contribution is 0.0947. The molecule has 0 atom stereocenters. The van der Waals surface area contributed by atoms with Gasteiger partial charge in [0.25, 0.3) is 11.5 Å². The number of nitrogens with zero attached hydrogens (tertiary/aromatic N) is 2. The zero-order valence-corrected chi connectivity index (χ0v) is 17.3. The van der Waals surface area contributed by atoms with Crippen LogP contribution in [-0.2, 0) is 12.5 Å². The topological polar surface area (TPSA) is 96.9 Å². The molecule has 0 bridgehead atoms. The molecule has 0 saturated heterocycles. The number of nitrogens with one attached hydrogen (secondary N) is 2. The Kier molecular flexibility index (Phi) is 5.25. The largest absolute Gasteiger partial charge is 0.351 e. The summed E-state index contributed by atoms with van der Waals surface area (Å²) in [4.78, 5) is 43.2. The van der Waals surface area contributed by atoms with E-state index in [-0.39, 0.29) is 22.5 Å². The molecule has 0 fully saturated rings. The van der Waals surface area contributed by atoms with Crippen molar-refractivity contribution in [3.63, 3.8) is 0 Å². The molecule has 0 unspecified atom stereocenters. The van der Waals surface area contributed by atoms with Crippen LogP contribution in [0.15, 0.2) is 82.5 Å².